The van der Waals surface area contributed by atoms with Crippen LogP contribution >= 0.6 is 0 Å². The van der Waals surface area contributed by atoms with Gasteiger partial charge in [0.2, 0.25) is 5.91 Å². The number of hydrogen-bond acceptors (Lipinski definition) is 2. The molecule has 14 heavy (non-hydrogen) atoms. The van der Waals surface area contributed by atoms with Crippen LogP contribution in [0.5, 0.6) is 0 Å². The van der Waals surface area contributed by atoms with Gasteiger partial charge in [-0.25, -0.2) is 0 Å². The van der Waals surface area contributed by atoms with Gasteiger partial charge in [-0.15, -0.1) is 0 Å². The summed E-state index contributed by atoms with van der Waals surface area (Å²) >= 11 is 0. The van der Waals surface area contributed by atoms with Gasteiger partial charge in [0.05, 0.1) is 0 Å². The van der Waals surface area contributed by atoms with E-state index in [-0.39, 0.29) is 5.91 Å². The molecule has 2 aliphatic carbocycles. The average Bonchev–Trinajstić information content (AvgIpc) is 3.00. The van der Waals surface area contributed by atoms with Crippen LogP contribution in [0, 0.1) is 5.92 Å². The summed E-state index contributed by atoms with van der Waals surface area (Å²) in [4.78, 5) is 11.3. The highest BCUT2D eigenvalue weighted by Crippen LogP contribution is 2.32. The van der Waals surface area contributed by atoms with Gasteiger partial charge < -0.3 is 10.6 Å². The average molecular weight is 196 g/mol. The van der Waals surface area contributed by atoms with Crippen LogP contribution in [0.4, 0.5) is 0 Å². The predicted octanol–water partition coefficient (Wildman–Crippen LogP) is 1.04. The fraction of sp³-hybridized carbons (Fsp3) is 0.909. The van der Waals surface area contributed by atoms with Crippen LogP contribution in [0.2, 0.25) is 0 Å². The van der Waals surface area contributed by atoms with Gasteiger partial charge >= 0.3 is 0 Å². The molecule has 2 unspecified atom stereocenters. The lowest BCUT2D eigenvalue weighted by molar-refractivity contribution is -0.121. The van der Waals surface area contributed by atoms with E-state index in [0.717, 1.165) is 12.5 Å². The fourth-order valence-electron chi connectivity index (χ4n) is 1.85. The number of carbonyl (C=O) groups is 1. The molecule has 0 aromatic rings. The first kappa shape index (κ1) is 9.97. The number of carbonyl (C=O) groups excluding carboxylic acids is 1. The second-order valence-electron chi connectivity index (χ2n) is 4.56. The molecule has 0 spiro atoms. The molecule has 0 aliphatic heterocycles. The Balaban J connectivity index is 1.48. The zero-order valence-corrected chi connectivity index (χ0v) is 8.88. The largest absolute Gasteiger partial charge is 0.353 e. The lowest BCUT2D eigenvalue weighted by Gasteiger charge is -2.04. The smallest absolute Gasteiger partial charge is 0.221 e. The summed E-state index contributed by atoms with van der Waals surface area (Å²) in [6.07, 6.45) is 5.58. The van der Waals surface area contributed by atoms with Crippen molar-refractivity contribution in [2.24, 2.45) is 5.92 Å². The molecule has 2 rings (SSSR count). The molecule has 0 aromatic heterocycles. The fourth-order valence-corrected chi connectivity index (χ4v) is 1.85. The summed E-state index contributed by atoms with van der Waals surface area (Å²) in [6.45, 7) is 3.08. The summed E-state index contributed by atoms with van der Waals surface area (Å²) < 4.78 is 0. The first-order valence-electron chi connectivity index (χ1n) is 5.82. The van der Waals surface area contributed by atoms with Gasteiger partial charge in [-0.1, -0.05) is 13.3 Å². The molecule has 2 atom stereocenters. The van der Waals surface area contributed by atoms with Crippen molar-refractivity contribution in [3.8, 4) is 0 Å². The maximum Gasteiger partial charge on any atom is 0.221 e. The predicted molar refractivity (Wildman–Crippen MR) is 56.0 cm³/mol. The minimum absolute atomic E-state index is 0.216. The number of amides is 1. The maximum absolute atomic E-state index is 11.3. The van der Waals surface area contributed by atoms with Gasteiger partial charge in [0, 0.05) is 25.0 Å². The molecule has 0 saturated heterocycles. The molecule has 3 heteroatoms. The van der Waals surface area contributed by atoms with Crippen molar-refractivity contribution in [1.29, 1.82) is 0 Å². The summed E-state index contributed by atoms with van der Waals surface area (Å²) in [5, 5.41) is 6.42. The first-order valence-corrected chi connectivity index (χ1v) is 5.82. The minimum Gasteiger partial charge on any atom is -0.353 e. The Hall–Kier alpha value is -0.570. The van der Waals surface area contributed by atoms with Crippen molar-refractivity contribution in [3.63, 3.8) is 0 Å². The quantitative estimate of drug-likeness (QED) is 0.666. The second kappa shape index (κ2) is 4.30. The molecule has 80 valence electrons. The molecule has 0 radical (unpaired) electrons. The molecular formula is C11H20N2O. The van der Waals surface area contributed by atoms with Crippen LogP contribution in [-0.2, 0) is 4.79 Å². The van der Waals surface area contributed by atoms with E-state index in [1.807, 2.05) is 0 Å². The van der Waals surface area contributed by atoms with Gasteiger partial charge in [-0.3, -0.25) is 4.79 Å². The molecule has 2 saturated carbocycles. The molecule has 2 fully saturated rings. The second-order valence-corrected chi connectivity index (χ2v) is 4.56. The Labute approximate surface area is 85.6 Å². The summed E-state index contributed by atoms with van der Waals surface area (Å²) in [6, 6.07) is 1.21. The Morgan fingerprint density at radius 2 is 2.21 bits per heavy atom. The van der Waals surface area contributed by atoms with E-state index in [4.69, 9.17) is 0 Å². The van der Waals surface area contributed by atoms with Crippen LogP contribution < -0.4 is 10.6 Å². The standard InChI is InChI=1S/C11H20N2O/c1-2-8-7-10(8)12-6-5-11(14)13-9-3-4-9/h8-10,12H,2-7H2,1H3,(H,13,14). The maximum atomic E-state index is 11.3. The molecule has 2 N–H and O–H groups in total. The van der Waals surface area contributed by atoms with Gasteiger partial charge in [-0.05, 0) is 25.2 Å². The van der Waals surface area contributed by atoms with Crippen molar-refractivity contribution in [1.82, 2.24) is 10.6 Å². The highest BCUT2D eigenvalue weighted by Gasteiger charge is 2.34. The van der Waals surface area contributed by atoms with Crippen molar-refractivity contribution in [3.05, 3.63) is 0 Å². The van der Waals surface area contributed by atoms with Crippen molar-refractivity contribution in [2.75, 3.05) is 6.54 Å². The number of hydrogen-bond donors (Lipinski definition) is 2. The Morgan fingerprint density at radius 3 is 2.79 bits per heavy atom. The zero-order valence-electron chi connectivity index (χ0n) is 8.88. The van der Waals surface area contributed by atoms with Gasteiger partial charge in [-0.2, -0.15) is 0 Å². The van der Waals surface area contributed by atoms with Crippen LogP contribution in [0.1, 0.15) is 39.0 Å². The van der Waals surface area contributed by atoms with Crippen molar-refractivity contribution < 1.29 is 4.79 Å². The summed E-state index contributed by atoms with van der Waals surface area (Å²) in [7, 11) is 0. The van der Waals surface area contributed by atoms with Gasteiger partial charge in [0.25, 0.3) is 0 Å². The van der Waals surface area contributed by atoms with E-state index in [0.29, 0.717) is 18.5 Å². The highest BCUT2D eigenvalue weighted by molar-refractivity contribution is 5.76. The van der Waals surface area contributed by atoms with E-state index in [9.17, 15) is 4.79 Å². The van der Waals surface area contributed by atoms with E-state index in [2.05, 4.69) is 17.6 Å². The van der Waals surface area contributed by atoms with Crippen LogP contribution in [0.15, 0.2) is 0 Å². The van der Waals surface area contributed by atoms with E-state index in [1.54, 1.807) is 0 Å². The van der Waals surface area contributed by atoms with Crippen LogP contribution in [-0.4, -0.2) is 24.5 Å². The minimum atomic E-state index is 0.216. The Bertz CT molecular complexity index is 213. The van der Waals surface area contributed by atoms with Crippen molar-refractivity contribution in [2.45, 2.75) is 51.1 Å². The van der Waals surface area contributed by atoms with Crippen LogP contribution in [0.3, 0.4) is 0 Å². The van der Waals surface area contributed by atoms with E-state index >= 15 is 0 Å². The normalized spacial score (nSPS) is 30.1. The SMILES string of the molecule is CCC1CC1NCCC(=O)NC1CC1. The molecule has 0 bridgehead atoms. The van der Waals surface area contributed by atoms with Crippen LogP contribution in [0.25, 0.3) is 0 Å². The highest BCUT2D eigenvalue weighted by atomic mass is 16.1. The third kappa shape index (κ3) is 2.98. The zero-order chi connectivity index (χ0) is 9.97. The molecule has 3 nitrogen and oxygen atoms in total. The lowest BCUT2D eigenvalue weighted by atomic mass is 10.3. The molecule has 2 aliphatic rings. The molecule has 0 aromatic carbocycles. The molecule has 0 heterocycles. The summed E-state index contributed by atoms with van der Waals surface area (Å²) in [5.41, 5.74) is 0. The van der Waals surface area contributed by atoms with Gasteiger partial charge in [0.1, 0.15) is 0 Å². The number of rotatable bonds is 6. The first-order chi connectivity index (χ1) is 6.79. The van der Waals surface area contributed by atoms with Crippen molar-refractivity contribution >= 4 is 5.91 Å². The van der Waals surface area contributed by atoms with Gasteiger partial charge in [0.15, 0.2) is 0 Å². The van der Waals surface area contributed by atoms with E-state index in [1.165, 1.54) is 25.7 Å². The summed E-state index contributed by atoms with van der Waals surface area (Å²) in [5.74, 6) is 1.09. The topological polar surface area (TPSA) is 41.1 Å². The third-order valence-electron chi connectivity index (χ3n) is 3.15. The third-order valence-corrected chi connectivity index (χ3v) is 3.15. The molecule has 1 amide bonds. The molecular weight excluding hydrogens is 176 g/mol. The monoisotopic (exact) mass is 196 g/mol. The van der Waals surface area contributed by atoms with E-state index < -0.39 is 0 Å². The Morgan fingerprint density at radius 1 is 1.43 bits per heavy atom. The lowest BCUT2D eigenvalue weighted by Crippen LogP contribution is -2.30. The Kier molecular flexibility index (Phi) is 3.06. The number of nitrogens with one attached hydrogen (secondary N) is 2.